The van der Waals surface area contributed by atoms with Crippen molar-refractivity contribution in [3.05, 3.63) is 23.7 Å². The third-order valence-electron chi connectivity index (χ3n) is 3.05. The number of carbonyl (C=O) groups is 1. The standard InChI is InChI=1S/C11H14O4/c1-7-3-6-15-9(7)11(4-5-11)8(12)10(13)14-2/h3,6,8,12H,4-5H2,1-2H3. The van der Waals surface area contributed by atoms with E-state index >= 15 is 0 Å². The Kier molecular flexibility index (Phi) is 2.31. The minimum Gasteiger partial charge on any atom is -0.468 e. The topological polar surface area (TPSA) is 59.7 Å². The Morgan fingerprint density at radius 3 is 2.73 bits per heavy atom. The highest BCUT2D eigenvalue weighted by Crippen LogP contribution is 2.52. The van der Waals surface area contributed by atoms with Crippen LogP contribution in [0.25, 0.3) is 0 Å². The lowest BCUT2D eigenvalue weighted by atomic mass is 9.93. The highest BCUT2D eigenvalue weighted by Gasteiger charge is 2.56. The minimum absolute atomic E-state index is 0.541. The molecule has 1 heterocycles. The van der Waals surface area contributed by atoms with Crippen molar-refractivity contribution in [1.82, 2.24) is 0 Å². The normalized spacial score (nSPS) is 19.7. The number of methoxy groups -OCH3 is 1. The summed E-state index contributed by atoms with van der Waals surface area (Å²) in [6, 6.07) is 1.83. The smallest absolute Gasteiger partial charge is 0.335 e. The van der Waals surface area contributed by atoms with Gasteiger partial charge in [-0.3, -0.25) is 0 Å². The van der Waals surface area contributed by atoms with Crippen molar-refractivity contribution in [3.8, 4) is 0 Å². The average Bonchev–Trinajstić information content (AvgIpc) is 2.94. The summed E-state index contributed by atoms with van der Waals surface area (Å²) in [5.41, 5.74) is 0.427. The highest BCUT2D eigenvalue weighted by molar-refractivity contribution is 5.77. The Morgan fingerprint density at radius 2 is 2.33 bits per heavy atom. The van der Waals surface area contributed by atoms with Gasteiger partial charge in [0, 0.05) is 0 Å². The molecule has 1 aromatic rings. The van der Waals surface area contributed by atoms with Gasteiger partial charge in [-0.25, -0.2) is 4.79 Å². The van der Waals surface area contributed by atoms with E-state index in [9.17, 15) is 9.90 Å². The lowest BCUT2D eigenvalue weighted by Gasteiger charge is -2.18. The van der Waals surface area contributed by atoms with Crippen LogP contribution in [0.3, 0.4) is 0 Å². The summed E-state index contributed by atoms with van der Waals surface area (Å²) in [6.45, 7) is 1.91. The second-order valence-electron chi connectivity index (χ2n) is 4.01. The monoisotopic (exact) mass is 210 g/mol. The van der Waals surface area contributed by atoms with E-state index in [1.807, 2.05) is 13.0 Å². The quantitative estimate of drug-likeness (QED) is 0.760. The van der Waals surface area contributed by atoms with Crippen LogP contribution in [0.4, 0.5) is 0 Å². The number of aliphatic hydroxyl groups is 1. The third kappa shape index (κ3) is 1.45. The Hall–Kier alpha value is -1.29. The van der Waals surface area contributed by atoms with E-state index in [1.54, 1.807) is 6.26 Å². The molecule has 1 aliphatic carbocycles. The van der Waals surface area contributed by atoms with E-state index < -0.39 is 17.5 Å². The first-order chi connectivity index (χ1) is 7.12. The molecule has 0 bridgehead atoms. The molecule has 1 aliphatic rings. The van der Waals surface area contributed by atoms with Crippen LogP contribution < -0.4 is 0 Å². The molecule has 1 unspecified atom stereocenters. The summed E-state index contributed by atoms with van der Waals surface area (Å²) in [5.74, 6) is 0.115. The van der Waals surface area contributed by atoms with Gasteiger partial charge in [0.15, 0.2) is 6.10 Å². The van der Waals surface area contributed by atoms with Crippen molar-refractivity contribution in [2.75, 3.05) is 7.11 Å². The fourth-order valence-electron chi connectivity index (χ4n) is 1.98. The summed E-state index contributed by atoms with van der Waals surface area (Å²) in [5, 5.41) is 9.87. The van der Waals surface area contributed by atoms with Crippen molar-refractivity contribution in [3.63, 3.8) is 0 Å². The number of hydrogen-bond donors (Lipinski definition) is 1. The van der Waals surface area contributed by atoms with Gasteiger partial charge in [0.05, 0.1) is 18.8 Å². The number of ether oxygens (including phenoxy) is 1. The fourth-order valence-corrected chi connectivity index (χ4v) is 1.98. The second kappa shape index (κ2) is 3.38. The van der Waals surface area contributed by atoms with E-state index in [0.29, 0.717) is 5.76 Å². The molecule has 1 N–H and O–H groups in total. The van der Waals surface area contributed by atoms with Crippen LogP contribution in [0.1, 0.15) is 24.2 Å². The second-order valence-corrected chi connectivity index (χ2v) is 4.01. The molecule has 1 aromatic heterocycles. The summed E-state index contributed by atoms with van der Waals surface area (Å²) in [4.78, 5) is 11.3. The molecule has 0 saturated heterocycles. The van der Waals surface area contributed by atoms with Gasteiger partial charge in [-0.05, 0) is 31.4 Å². The van der Waals surface area contributed by atoms with Crippen molar-refractivity contribution >= 4 is 5.97 Å². The third-order valence-corrected chi connectivity index (χ3v) is 3.05. The van der Waals surface area contributed by atoms with Crippen molar-refractivity contribution in [2.45, 2.75) is 31.3 Å². The molecular formula is C11H14O4. The molecule has 0 aromatic carbocycles. The molecule has 0 aliphatic heterocycles. The molecule has 0 spiro atoms. The van der Waals surface area contributed by atoms with Crippen LogP contribution in [-0.2, 0) is 14.9 Å². The van der Waals surface area contributed by atoms with Gasteiger partial charge < -0.3 is 14.3 Å². The van der Waals surface area contributed by atoms with Crippen LogP contribution in [0.2, 0.25) is 0 Å². The molecule has 1 fully saturated rings. The van der Waals surface area contributed by atoms with Gasteiger partial charge in [-0.15, -0.1) is 0 Å². The van der Waals surface area contributed by atoms with E-state index in [4.69, 9.17) is 4.42 Å². The maximum atomic E-state index is 11.3. The van der Waals surface area contributed by atoms with Gasteiger partial charge in [-0.2, -0.15) is 0 Å². The van der Waals surface area contributed by atoms with Crippen molar-refractivity contribution in [1.29, 1.82) is 0 Å². The van der Waals surface area contributed by atoms with Crippen molar-refractivity contribution < 1.29 is 19.1 Å². The number of aryl methyl sites for hydroxylation is 1. The van der Waals surface area contributed by atoms with Crippen LogP contribution in [0, 0.1) is 6.92 Å². The zero-order valence-corrected chi connectivity index (χ0v) is 8.82. The van der Waals surface area contributed by atoms with Crippen LogP contribution >= 0.6 is 0 Å². The number of hydrogen-bond acceptors (Lipinski definition) is 4. The molecule has 82 valence electrons. The molecule has 0 radical (unpaired) electrons. The predicted molar refractivity (Wildman–Crippen MR) is 52.4 cm³/mol. The molecule has 4 nitrogen and oxygen atoms in total. The summed E-state index contributed by atoms with van der Waals surface area (Å²) < 4.78 is 9.89. The number of aliphatic hydroxyl groups excluding tert-OH is 1. The van der Waals surface area contributed by atoms with Gasteiger partial charge >= 0.3 is 5.97 Å². The number of esters is 1. The Bertz CT molecular complexity index is 376. The predicted octanol–water partition coefficient (Wildman–Crippen LogP) is 1.15. The van der Waals surface area contributed by atoms with Gasteiger partial charge in [0.2, 0.25) is 0 Å². The Balaban J connectivity index is 2.28. The molecule has 1 saturated carbocycles. The van der Waals surface area contributed by atoms with Crippen LogP contribution in [0.5, 0.6) is 0 Å². The first kappa shape index (κ1) is 10.2. The number of carbonyl (C=O) groups excluding carboxylic acids is 1. The first-order valence-electron chi connectivity index (χ1n) is 4.92. The maximum absolute atomic E-state index is 11.3. The van der Waals surface area contributed by atoms with Gasteiger partial charge in [0.25, 0.3) is 0 Å². The van der Waals surface area contributed by atoms with E-state index in [-0.39, 0.29) is 0 Å². The number of rotatable bonds is 3. The molecule has 1 atom stereocenters. The van der Waals surface area contributed by atoms with Gasteiger partial charge in [0.1, 0.15) is 5.76 Å². The zero-order chi connectivity index (χ0) is 11.1. The lowest BCUT2D eigenvalue weighted by Crippen LogP contribution is -2.35. The van der Waals surface area contributed by atoms with Crippen LogP contribution in [-0.4, -0.2) is 24.3 Å². The largest absolute Gasteiger partial charge is 0.468 e. The molecule has 4 heteroatoms. The van der Waals surface area contributed by atoms with Crippen LogP contribution in [0.15, 0.2) is 16.7 Å². The Morgan fingerprint density at radius 1 is 1.67 bits per heavy atom. The first-order valence-corrected chi connectivity index (χ1v) is 4.92. The zero-order valence-electron chi connectivity index (χ0n) is 8.82. The minimum atomic E-state index is -1.12. The summed E-state index contributed by atoms with van der Waals surface area (Å²) in [6.07, 6.45) is 1.98. The van der Waals surface area contributed by atoms with Crippen molar-refractivity contribution in [2.24, 2.45) is 0 Å². The molecule has 15 heavy (non-hydrogen) atoms. The lowest BCUT2D eigenvalue weighted by molar-refractivity contribution is -0.152. The fraction of sp³-hybridized carbons (Fsp3) is 0.545. The average molecular weight is 210 g/mol. The van der Waals surface area contributed by atoms with E-state index in [2.05, 4.69) is 4.74 Å². The van der Waals surface area contributed by atoms with E-state index in [0.717, 1.165) is 18.4 Å². The number of furan rings is 1. The van der Waals surface area contributed by atoms with Gasteiger partial charge in [-0.1, -0.05) is 0 Å². The summed E-state index contributed by atoms with van der Waals surface area (Å²) >= 11 is 0. The highest BCUT2D eigenvalue weighted by atomic mass is 16.5. The SMILES string of the molecule is COC(=O)C(O)C1(c2occc2C)CC1. The molecule has 2 rings (SSSR count). The Labute approximate surface area is 87.8 Å². The summed E-state index contributed by atoms with van der Waals surface area (Å²) in [7, 11) is 1.27. The maximum Gasteiger partial charge on any atom is 0.335 e. The molecular weight excluding hydrogens is 196 g/mol. The van der Waals surface area contributed by atoms with E-state index in [1.165, 1.54) is 7.11 Å². The molecule has 0 amide bonds.